The number of hydrogen-bond donors (Lipinski definition) is 1. The molecule has 230 valence electrons. The standard InChI is InChI=1S/C22H32O3.C13H16O4/c1-6-7-17-19-15(8-9-23-17)16(10-18-20(19)25-13-24-18)14-11-21(2,3)22(4,5)12-14;1-2-3-10-12-8(4-5-15-10)9(14)6-11-13(12)17-7-16-11/h10,14,17H,6-9,11-13H2,1-5H3;6,10,14H,2-5,7H2,1H3. The first-order chi connectivity index (χ1) is 20.1. The van der Waals surface area contributed by atoms with Crippen molar-refractivity contribution in [3.05, 3.63) is 39.9 Å². The lowest BCUT2D eigenvalue weighted by Crippen LogP contribution is -2.25. The topological polar surface area (TPSA) is 75.6 Å². The first-order valence-electron chi connectivity index (χ1n) is 16.0. The molecule has 42 heavy (non-hydrogen) atoms. The molecule has 0 radical (unpaired) electrons. The van der Waals surface area contributed by atoms with Crippen LogP contribution in [0.25, 0.3) is 0 Å². The van der Waals surface area contributed by atoms with Gasteiger partial charge in [0.1, 0.15) is 5.75 Å². The second kappa shape index (κ2) is 11.5. The van der Waals surface area contributed by atoms with E-state index < -0.39 is 0 Å². The Morgan fingerprint density at radius 2 is 1.21 bits per heavy atom. The minimum Gasteiger partial charge on any atom is -0.508 e. The maximum absolute atomic E-state index is 10.0. The Bertz CT molecular complexity index is 1290. The first kappa shape index (κ1) is 29.4. The third-order valence-corrected chi connectivity index (χ3v) is 10.5. The van der Waals surface area contributed by atoms with Gasteiger partial charge in [-0.2, -0.15) is 0 Å². The van der Waals surface area contributed by atoms with Crippen LogP contribution >= 0.6 is 0 Å². The fourth-order valence-corrected chi connectivity index (χ4v) is 7.64. The quantitative estimate of drug-likeness (QED) is 0.381. The summed E-state index contributed by atoms with van der Waals surface area (Å²) in [6, 6.07) is 3.94. The number of fused-ring (bicyclic) bond motifs is 6. The highest BCUT2D eigenvalue weighted by molar-refractivity contribution is 5.60. The largest absolute Gasteiger partial charge is 0.508 e. The molecule has 2 aromatic carbocycles. The van der Waals surface area contributed by atoms with E-state index >= 15 is 0 Å². The molecule has 7 rings (SSSR count). The molecular formula is C35H48O7. The number of aromatic hydroxyl groups is 1. The lowest BCUT2D eigenvalue weighted by Gasteiger charge is -2.34. The van der Waals surface area contributed by atoms with Crippen LogP contribution < -0.4 is 18.9 Å². The zero-order valence-electron chi connectivity index (χ0n) is 26.3. The summed E-state index contributed by atoms with van der Waals surface area (Å²) in [6.45, 7) is 16.1. The van der Waals surface area contributed by atoms with Gasteiger partial charge in [-0.1, -0.05) is 54.4 Å². The average Bonchev–Trinajstić information content (AvgIpc) is 3.67. The van der Waals surface area contributed by atoms with Crippen LogP contribution in [0.15, 0.2) is 12.1 Å². The summed E-state index contributed by atoms with van der Waals surface area (Å²) in [7, 11) is 0. The molecule has 2 aromatic rings. The number of benzene rings is 2. The van der Waals surface area contributed by atoms with E-state index in [4.69, 9.17) is 28.4 Å². The molecule has 0 aromatic heterocycles. The second-order valence-corrected chi connectivity index (χ2v) is 13.8. The van der Waals surface area contributed by atoms with Gasteiger partial charge in [-0.05, 0) is 72.5 Å². The number of phenolic OH excluding ortho intramolecular Hbond substituents is 1. The zero-order chi connectivity index (χ0) is 29.6. The van der Waals surface area contributed by atoms with Crippen LogP contribution in [0.4, 0.5) is 0 Å². The van der Waals surface area contributed by atoms with Crippen molar-refractivity contribution in [2.75, 3.05) is 26.8 Å². The lowest BCUT2D eigenvalue weighted by molar-refractivity contribution is 0.0331. The summed E-state index contributed by atoms with van der Waals surface area (Å²) in [6.07, 6.45) is 8.54. The predicted octanol–water partition coefficient (Wildman–Crippen LogP) is 8.29. The molecule has 2 unspecified atom stereocenters. The van der Waals surface area contributed by atoms with Crippen molar-refractivity contribution >= 4 is 0 Å². The van der Waals surface area contributed by atoms with Gasteiger partial charge in [-0.25, -0.2) is 0 Å². The Morgan fingerprint density at radius 1 is 0.714 bits per heavy atom. The molecular weight excluding hydrogens is 532 g/mol. The summed E-state index contributed by atoms with van der Waals surface area (Å²) in [5, 5.41) is 10.0. The van der Waals surface area contributed by atoms with Gasteiger partial charge in [-0.3, -0.25) is 0 Å². The molecule has 7 nitrogen and oxygen atoms in total. The van der Waals surface area contributed by atoms with E-state index in [1.807, 2.05) is 0 Å². The van der Waals surface area contributed by atoms with Gasteiger partial charge in [0.25, 0.3) is 0 Å². The molecule has 1 saturated carbocycles. The number of phenols is 1. The van der Waals surface area contributed by atoms with E-state index in [1.165, 1.54) is 29.5 Å². The summed E-state index contributed by atoms with van der Waals surface area (Å²) in [4.78, 5) is 0. The summed E-state index contributed by atoms with van der Waals surface area (Å²) in [5.41, 5.74) is 6.95. The fraction of sp³-hybridized carbons (Fsp3) is 0.657. The molecule has 0 saturated heterocycles. The Labute approximate surface area is 250 Å². The van der Waals surface area contributed by atoms with Crippen molar-refractivity contribution in [1.82, 2.24) is 0 Å². The van der Waals surface area contributed by atoms with Crippen LogP contribution in [0.5, 0.6) is 28.7 Å². The number of hydrogen-bond acceptors (Lipinski definition) is 7. The van der Waals surface area contributed by atoms with Crippen LogP contribution in [0, 0.1) is 10.8 Å². The molecule has 0 spiro atoms. The average molecular weight is 581 g/mol. The molecule has 0 bridgehead atoms. The van der Waals surface area contributed by atoms with Gasteiger partial charge in [0.15, 0.2) is 23.0 Å². The van der Waals surface area contributed by atoms with Crippen LogP contribution in [-0.2, 0) is 22.3 Å². The van der Waals surface area contributed by atoms with Crippen LogP contribution in [-0.4, -0.2) is 31.9 Å². The highest BCUT2D eigenvalue weighted by Crippen LogP contribution is 2.60. The van der Waals surface area contributed by atoms with Crippen LogP contribution in [0.3, 0.4) is 0 Å². The van der Waals surface area contributed by atoms with Gasteiger partial charge >= 0.3 is 0 Å². The monoisotopic (exact) mass is 580 g/mol. The van der Waals surface area contributed by atoms with Crippen molar-refractivity contribution in [1.29, 1.82) is 0 Å². The van der Waals surface area contributed by atoms with Gasteiger partial charge in [-0.15, -0.1) is 0 Å². The van der Waals surface area contributed by atoms with Crippen LogP contribution in [0.1, 0.15) is 126 Å². The third-order valence-electron chi connectivity index (χ3n) is 10.5. The smallest absolute Gasteiger partial charge is 0.231 e. The van der Waals surface area contributed by atoms with E-state index in [0.717, 1.165) is 73.5 Å². The number of rotatable bonds is 5. The van der Waals surface area contributed by atoms with E-state index in [2.05, 4.69) is 47.6 Å². The van der Waals surface area contributed by atoms with E-state index in [9.17, 15) is 5.11 Å². The molecule has 1 fully saturated rings. The second-order valence-electron chi connectivity index (χ2n) is 13.8. The minimum atomic E-state index is 0.0197. The van der Waals surface area contributed by atoms with Crippen molar-refractivity contribution < 1.29 is 33.5 Å². The molecule has 5 aliphatic rings. The van der Waals surface area contributed by atoms with Gasteiger partial charge < -0.3 is 33.5 Å². The first-order valence-corrected chi connectivity index (χ1v) is 16.0. The summed E-state index contributed by atoms with van der Waals surface area (Å²) >= 11 is 0. The predicted molar refractivity (Wildman–Crippen MR) is 161 cm³/mol. The van der Waals surface area contributed by atoms with Crippen molar-refractivity contribution in [2.24, 2.45) is 10.8 Å². The van der Waals surface area contributed by atoms with E-state index in [1.54, 1.807) is 6.07 Å². The van der Waals surface area contributed by atoms with Crippen molar-refractivity contribution in [2.45, 2.75) is 111 Å². The Morgan fingerprint density at radius 3 is 1.76 bits per heavy atom. The maximum Gasteiger partial charge on any atom is 0.231 e. The highest BCUT2D eigenvalue weighted by atomic mass is 16.7. The molecule has 0 amide bonds. The van der Waals surface area contributed by atoms with E-state index in [-0.39, 0.29) is 19.0 Å². The summed E-state index contributed by atoms with van der Waals surface area (Å²) < 4.78 is 34.4. The Kier molecular flexibility index (Phi) is 8.03. The molecule has 1 N–H and O–H groups in total. The molecule has 7 heteroatoms. The van der Waals surface area contributed by atoms with Crippen LogP contribution in [0.2, 0.25) is 0 Å². The highest BCUT2D eigenvalue weighted by Gasteiger charge is 2.48. The lowest BCUT2D eigenvalue weighted by atomic mass is 9.71. The Balaban J connectivity index is 0.000000162. The van der Waals surface area contributed by atoms with Gasteiger partial charge in [0.05, 0.1) is 25.4 Å². The molecule has 4 aliphatic heterocycles. The Hall–Kier alpha value is -2.64. The number of ether oxygens (including phenoxy) is 6. The van der Waals surface area contributed by atoms with Crippen molar-refractivity contribution in [3.8, 4) is 28.7 Å². The maximum atomic E-state index is 10.0. The third kappa shape index (κ3) is 5.11. The van der Waals surface area contributed by atoms with Gasteiger partial charge in [0, 0.05) is 22.8 Å². The summed E-state index contributed by atoms with van der Waals surface area (Å²) in [5.74, 6) is 4.18. The minimum absolute atomic E-state index is 0.0197. The fourth-order valence-electron chi connectivity index (χ4n) is 7.64. The van der Waals surface area contributed by atoms with Gasteiger partial charge in [0.2, 0.25) is 13.6 Å². The molecule has 4 heterocycles. The zero-order valence-corrected chi connectivity index (χ0v) is 26.3. The molecule has 1 aliphatic carbocycles. The van der Waals surface area contributed by atoms with Crippen molar-refractivity contribution in [3.63, 3.8) is 0 Å². The normalized spacial score (nSPS) is 24.5. The van der Waals surface area contributed by atoms with E-state index in [0.29, 0.717) is 41.6 Å². The molecule has 2 atom stereocenters. The SMILES string of the molecule is CCCC1OCCc2c(C3CC(C)(C)C(C)(C)C3)cc3c(c21)OCO3.CCCC1OCCc2c(O)cc3c(c21)OCO3.